The Morgan fingerprint density at radius 3 is 2.77 bits per heavy atom. The van der Waals surface area contributed by atoms with E-state index in [1.165, 1.54) is 12.3 Å². The van der Waals surface area contributed by atoms with Crippen LogP contribution in [-0.4, -0.2) is 21.9 Å². The third-order valence-corrected chi connectivity index (χ3v) is 1.25. The second kappa shape index (κ2) is 3.84. The lowest BCUT2D eigenvalue weighted by Gasteiger charge is -2.05. The van der Waals surface area contributed by atoms with E-state index >= 15 is 0 Å². The van der Waals surface area contributed by atoms with Crippen molar-refractivity contribution in [3.05, 3.63) is 18.1 Å². The Bertz CT molecular complexity index is 312. The molecule has 0 saturated heterocycles. The Balaban J connectivity index is 2.77. The van der Waals surface area contributed by atoms with Gasteiger partial charge in [-0.2, -0.15) is 4.98 Å². The van der Waals surface area contributed by atoms with Gasteiger partial charge < -0.3 is 5.32 Å². The molecule has 1 aromatic heterocycles. The highest BCUT2D eigenvalue weighted by atomic mass is 16.3. The highest BCUT2D eigenvalue weighted by molar-refractivity contribution is 5.90. The van der Waals surface area contributed by atoms with Crippen LogP contribution in [0.4, 0.5) is 0 Å². The monoisotopic (exact) mass is 180 g/mol. The molecule has 0 aliphatic rings. The molecule has 1 amide bonds. The minimum atomic E-state index is -0.455. The Kier molecular flexibility index (Phi) is 2.79. The molecule has 0 bridgehead atoms. The van der Waals surface area contributed by atoms with Crippen molar-refractivity contribution in [1.82, 2.24) is 15.3 Å². The van der Waals surface area contributed by atoms with E-state index in [0.717, 1.165) is 0 Å². The number of amides is 1. The maximum absolute atomic E-state index is 11.2. The fraction of sp³-hybridized carbons (Fsp3) is 0.375. The van der Waals surface area contributed by atoms with Crippen LogP contribution in [0.25, 0.3) is 0 Å². The first-order chi connectivity index (χ1) is 6.09. The molecular weight excluding hydrogens is 170 g/mol. The molecule has 5 nitrogen and oxygen atoms in total. The first kappa shape index (κ1) is 9.44. The third kappa shape index (κ3) is 2.70. The Labute approximate surface area is 75.8 Å². The Hall–Kier alpha value is -1.65. The first-order valence-corrected chi connectivity index (χ1v) is 3.90. The summed E-state index contributed by atoms with van der Waals surface area (Å²) in [5.41, 5.74) is 0. The molecule has 0 aliphatic heterocycles. The minimum absolute atomic E-state index is 0.00593. The van der Waals surface area contributed by atoms with Gasteiger partial charge in [-0.1, -0.05) is 0 Å². The molecule has 1 rings (SSSR count). The van der Waals surface area contributed by atoms with E-state index < -0.39 is 11.8 Å². The molecule has 0 aliphatic carbocycles. The maximum Gasteiger partial charge on any atom is 0.289 e. The van der Waals surface area contributed by atoms with Gasteiger partial charge in [-0.05, 0) is 13.8 Å². The molecule has 0 saturated carbocycles. The molecule has 0 aromatic carbocycles. The molecule has 1 aromatic rings. The summed E-state index contributed by atoms with van der Waals surface area (Å²) in [5, 5.41) is 13.3. The van der Waals surface area contributed by atoms with Crippen LogP contribution in [0.5, 0.6) is 5.88 Å². The second-order valence-electron chi connectivity index (χ2n) is 2.85. The van der Waals surface area contributed by atoms with Gasteiger partial charge in [0.25, 0.3) is 11.8 Å². The molecule has 0 unspecified atom stereocenters. The van der Waals surface area contributed by atoms with Crippen molar-refractivity contribution in [2.75, 3.05) is 0 Å². The number of hydrogen-bond acceptors (Lipinski definition) is 3. The Morgan fingerprint density at radius 2 is 2.23 bits per heavy atom. The number of aromatic nitrogens is 2. The fourth-order valence-electron chi connectivity index (χ4n) is 0.778. The van der Waals surface area contributed by atoms with E-state index in [0.29, 0.717) is 0 Å². The van der Waals surface area contributed by atoms with E-state index in [2.05, 4.69) is 15.3 Å². The fourth-order valence-corrected chi connectivity index (χ4v) is 0.778. The number of carbonyl (C=O) groups is 1. The van der Waals surface area contributed by atoms with Gasteiger partial charge in [0.15, 0.2) is 0 Å². The topological polar surface area (TPSA) is 74.8 Å². The molecule has 1 N–H and O–H groups in total. The van der Waals surface area contributed by atoms with Crippen molar-refractivity contribution in [2.45, 2.75) is 19.9 Å². The molecule has 1 radical (unpaired) electrons. The van der Waals surface area contributed by atoms with Crippen LogP contribution in [0, 0.1) is 0 Å². The van der Waals surface area contributed by atoms with E-state index in [-0.39, 0.29) is 11.9 Å². The average Bonchev–Trinajstić information content (AvgIpc) is 2.03. The van der Waals surface area contributed by atoms with Crippen molar-refractivity contribution < 1.29 is 9.90 Å². The van der Waals surface area contributed by atoms with Crippen molar-refractivity contribution in [3.8, 4) is 5.88 Å². The predicted molar refractivity (Wildman–Crippen MR) is 44.8 cm³/mol. The van der Waals surface area contributed by atoms with E-state index in [4.69, 9.17) is 0 Å². The lowest BCUT2D eigenvalue weighted by Crippen LogP contribution is -2.31. The van der Waals surface area contributed by atoms with Gasteiger partial charge >= 0.3 is 0 Å². The summed E-state index contributed by atoms with van der Waals surface area (Å²) in [7, 11) is 0. The second-order valence-corrected chi connectivity index (χ2v) is 2.85. The summed E-state index contributed by atoms with van der Waals surface area (Å²) in [6.45, 7) is 3.64. The van der Waals surface area contributed by atoms with Crippen LogP contribution in [0.1, 0.15) is 24.5 Å². The number of nitrogens with zero attached hydrogens (tertiary/aromatic N) is 2. The normalized spacial score (nSPS) is 10.1. The van der Waals surface area contributed by atoms with Gasteiger partial charge in [0, 0.05) is 18.3 Å². The van der Waals surface area contributed by atoms with Gasteiger partial charge in [0.05, 0.1) is 0 Å². The number of nitrogens with one attached hydrogen (secondary N) is 1. The quantitative estimate of drug-likeness (QED) is 0.730. The van der Waals surface area contributed by atoms with E-state index in [9.17, 15) is 9.90 Å². The summed E-state index contributed by atoms with van der Waals surface area (Å²) < 4.78 is 0. The van der Waals surface area contributed by atoms with Gasteiger partial charge in [-0.25, -0.2) is 4.98 Å². The van der Waals surface area contributed by atoms with Crippen molar-refractivity contribution in [1.29, 1.82) is 0 Å². The average molecular weight is 180 g/mol. The summed E-state index contributed by atoms with van der Waals surface area (Å²) in [5.74, 6) is -0.960. The van der Waals surface area contributed by atoms with Crippen LogP contribution in [0.15, 0.2) is 12.3 Å². The van der Waals surface area contributed by atoms with Crippen LogP contribution in [-0.2, 0) is 5.11 Å². The lowest BCUT2D eigenvalue weighted by molar-refractivity contribution is 0.0930. The molecule has 1 heterocycles. The number of rotatable bonds is 2. The smallest absolute Gasteiger partial charge is 0.289 e. The molecule has 13 heavy (non-hydrogen) atoms. The van der Waals surface area contributed by atoms with Crippen molar-refractivity contribution >= 4 is 5.91 Å². The number of hydrogen-bond donors (Lipinski definition) is 1. The lowest BCUT2D eigenvalue weighted by atomic mass is 10.4. The highest BCUT2D eigenvalue weighted by Crippen LogP contribution is 2.02. The predicted octanol–water partition coefficient (Wildman–Crippen LogP) is 0.759. The summed E-state index contributed by atoms with van der Waals surface area (Å²) in [6, 6.07) is 1.21. The molecule has 0 spiro atoms. The summed E-state index contributed by atoms with van der Waals surface area (Å²) >= 11 is 0. The van der Waals surface area contributed by atoms with Crippen molar-refractivity contribution in [2.24, 2.45) is 0 Å². The zero-order valence-electron chi connectivity index (χ0n) is 7.44. The molecule has 5 heteroatoms. The number of carbonyl (C=O) groups excluding carboxylic acids is 1. The van der Waals surface area contributed by atoms with E-state index in [1.54, 1.807) is 0 Å². The SMILES string of the molecule is CC(C)NC(=O)c1nccc([O])n1. The third-order valence-electron chi connectivity index (χ3n) is 1.25. The van der Waals surface area contributed by atoms with Crippen LogP contribution >= 0.6 is 0 Å². The largest absolute Gasteiger partial charge is 0.347 e. The molecule has 0 fully saturated rings. The highest BCUT2D eigenvalue weighted by Gasteiger charge is 2.10. The van der Waals surface area contributed by atoms with Crippen LogP contribution in [0.3, 0.4) is 0 Å². The van der Waals surface area contributed by atoms with E-state index in [1.807, 2.05) is 13.8 Å². The molecular formula is C8H10N3O2. The van der Waals surface area contributed by atoms with Crippen LogP contribution in [0.2, 0.25) is 0 Å². The molecule has 69 valence electrons. The summed E-state index contributed by atoms with van der Waals surface area (Å²) in [4.78, 5) is 18.3. The van der Waals surface area contributed by atoms with Gasteiger partial charge in [0.2, 0.25) is 5.82 Å². The van der Waals surface area contributed by atoms with Crippen molar-refractivity contribution in [3.63, 3.8) is 0 Å². The summed E-state index contributed by atoms with van der Waals surface area (Å²) in [6.07, 6.45) is 1.27. The zero-order chi connectivity index (χ0) is 9.84. The minimum Gasteiger partial charge on any atom is -0.347 e. The maximum atomic E-state index is 11.2. The Morgan fingerprint density at radius 1 is 1.54 bits per heavy atom. The standard InChI is InChI=1S/C8H10N3O2/c1-5(2)10-8(13)7-9-4-3-6(12)11-7/h3-5H,1-2H3,(H,10,13). The zero-order valence-corrected chi connectivity index (χ0v) is 7.44. The van der Waals surface area contributed by atoms with Gasteiger partial charge in [-0.15, -0.1) is 0 Å². The first-order valence-electron chi connectivity index (χ1n) is 3.90. The molecule has 0 atom stereocenters. The van der Waals surface area contributed by atoms with Crippen LogP contribution < -0.4 is 5.32 Å². The van der Waals surface area contributed by atoms with Gasteiger partial charge in [0.1, 0.15) is 0 Å². The van der Waals surface area contributed by atoms with Gasteiger partial charge in [-0.3, -0.25) is 9.90 Å².